The summed E-state index contributed by atoms with van der Waals surface area (Å²) in [6.07, 6.45) is 3.69. The Morgan fingerprint density at radius 1 is 1.14 bits per heavy atom. The first kappa shape index (κ1) is 27.6. The number of aryl methyl sites for hydroxylation is 1. The third-order valence-corrected chi connectivity index (χ3v) is 7.12. The Kier molecular flexibility index (Phi) is 7.52. The van der Waals surface area contributed by atoms with Crippen LogP contribution in [0.1, 0.15) is 28.2 Å². The predicted molar refractivity (Wildman–Crippen MR) is 155 cm³/mol. The molecule has 3 N–H and O–H groups in total. The second kappa shape index (κ2) is 11.7. The second-order valence-electron chi connectivity index (χ2n) is 10.1. The quantitative estimate of drug-likeness (QED) is 0.255. The van der Waals surface area contributed by atoms with Crippen LogP contribution in [-0.2, 0) is 22.6 Å². The average molecular weight is 583 g/mol. The van der Waals surface area contributed by atoms with Crippen LogP contribution in [0.25, 0.3) is 10.9 Å². The second-order valence-corrected chi connectivity index (χ2v) is 10.1. The van der Waals surface area contributed by atoms with Crippen molar-refractivity contribution in [2.24, 2.45) is 0 Å². The fourth-order valence-corrected chi connectivity index (χ4v) is 4.80. The summed E-state index contributed by atoms with van der Waals surface area (Å²) >= 11 is 0. The number of amides is 3. The van der Waals surface area contributed by atoms with E-state index >= 15 is 0 Å². The van der Waals surface area contributed by atoms with Gasteiger partial charge in [-0.15, -0.1) is 5.10 Å². The summed E-state index contributed by atoms with van der Waals surface area (Å²) in [5.41, 5.74) is 3.33. The van der Waals surface area contributed by atoms with Crippen LogP contribution in [0.2, 0.25) is 0 Å². The molecule has 13 heteroatoms. The predicted octanol–water partition coefficient (Wildman–Crippen LogP) is 3.07. The molecule has 0 bridgehead atoms. The first-order valence-corrected chi connectivity index (χ1v) is 13.5. The Morgan fingerprint density at radius 3 is 2.86 bits per heavy atom. The van der Waals surface area contributed by atoms with Gasteiger partial charge in [0.1, 0.15) is 30.5 Å². The van der Waals surface area contributed by atoms with E-state index in [1.807, 2.05) is 18.2 Å². The van der Waals surface area contributed by atoms with Crippen molar-refractivity contribution in [1.82, 2.24) is 30.3 Å². The van der Waals surface area contributed by atoms with Crippen LogP contribution in [-0.4, -0.2) is 62.4 Å². The standard InChI is InChI=1S/C30H27FN8O4/c1-38-25-12-18(7-11-27(40)34-21-8-9-23-20(13-21)14-33-36-23)6-10-26(25)43-16-24(30(38)42)35-29(41)28-32-17-39(37-28)15-19-4-2-3-5-22(19)31/h2-6,8-10,12-14,17,24H,7,11,15-16H2,1H3,(H,33,36)(H,34,40)(H,35,41)/t24-/m0/s1. The molecule has 0 fully saturated rings. The molecule has 0 radical (unpaired) electrons. The fraction of sp³-hybridized carbons (Fsp3) is 0.200. The number of benzene rings is 3. The van der Waals surface area contributed by atoms with Gasteiger partial charge in [-0.1, -0.05) is 24.3 Å². The SMILES string of the molecule is CN1C(=O)[C@@H](NC(=O)c2ncn(Cc3ccccc3F)n2)COc2ccc(CCC(=O)Nc3ccc4[nH]ncc4c3)cc21. The van der Waals surface area contributed by atoms with Crippen molar-refractivity contribution in [3.8, 4) is 5.75 Å². The molecule has 1 aliphatic heterocycles. The first-order valence-electron chi connectivity index (χ1n) is 13.5. The first-order chi connectivity index (χ1) is 20.8. The van der Waals surface area contributed by atoms with Crippen molar-refractivity contribution in [2.75, 3.05) is 23.9 Å². The highest BCUT2D eigenvalue weighted by molar-refractivity contribution is 6.02. The minimum atomic E-state index is -0.995. The summed E-state index contributed by atoms with van der Waals surface area (Å²) in [4.78, 5) is 44.2. The lowest BCUT2D eigenvalue weighted by atomic mass is 10.1. The highest BCUT2D eigenvalue weighted by Crippen LogP contribution is 2.32. The zero-order valence-corrected chi connectivity index (χ0v) is 23.1. The summed E-state index contributed by atoms with van der Waals surface area (Å²) in [6.45, 7) is 0.00211. The van der Waals surface area contributed by atoms with Gasteiger partial charge >= 0.3 is 0 Å². The van der Waals surface area contributed by atoms with Crippen molar-refractivity contribution in [3.05, 3.63) is 96.0 Å². The van der Waals surface area contributed by atoms with E-state index in [2.05, 4.69) is 30.9 Å². The lowest BCUT2D eigenvalue weighted by Gasteiger charge is -2.20. The zero-order valence-electron chi connectivity index (χ0n) is 23.1. The maximum absolute atomic E-state index is 14.0. The summed E-state index contributed by atoms with van der Waals surface area (Å²) in [7, 11) is 1.60. The Hall–Kier alpha value is -5.59. The highest BCUT2D eigenvalue weighted by atomic mass is 19.1. The van der Waals surface area contributed by atoms with Crippen LogP contribution >= 0.6 is 0 Å². The number of carbonyl (C=O) groups excluding carboxylic acids is 3. The molecule has 1 atom stereocenters. The number of hydrogen-bond donors (Lipinski definition) is 3. The number of halogens is 1. The molecule has 6 rings (SSSR count). The van der Waals surface area contributed by atoms with Crippen LogP contribution in [0, 0.1) is 5.82 Å². The Balaban J connectivity index is 1.06. The van der Waals surface area contributed by atoms with Crippen molar-refractivity contribution in [3.63, 3.8) is 0 Å². The molecular formula is C30H27FN8O4. The Bertz CT molecular complexity index is 1830. The molecule has 218 valence electrons. The van der Waals surface area contributed by atoms with Crippen LogP contribution in [0.3, 0.4) is 0 Å². The van der Waals surface area contributed by atoms with E-state index in [4.69, 9.17) is 4.74 Å². The molecule has 43 heavy (non-hydrogen) atoms. The normalized spacial score (nSPS) is 14.6. The smallest absolute Gasteiger partial charge is 0.291 e. The topological polar surface area (TPSA) is 147 Å². The summed E-state index contributed by atoms with van der Waals surface area (Å²) in [6, 6.07) is 16.2. The molecular weight excluding hydrogens is 555 g/mol. The number of aromatic nitrogens is 5. The van der Waals surface area contributed by atoms with Gasteiger partial charge in [-0.2, -0.15) is 5.10 Å². The number of nitrogens with one attached hydrogen (secondary N) is 3. The number of nitrogens with zero attached hydrogens (tertiary/aromatic N) is 5. The molecule has 12 nitrogen and oxygen atoms in total. The largest absolute Gasteiger partial charge is 0.489 e. The average Bonchev–Trinajstić information content (AvgIpc) is 3.66. The third kappa shape index (κ3) is 6.05. The molecule has 0 saturated carbocycles. The van der Waals surface area contributed by atoms with Gasteiger partial charge in [-0.05, 0) is 48.4 Å². The van der Waals surface area contributed by atoms with E-state index in [-0.39, 0.29) is 43.0 Å². The molecule has 3 amide bonds. The number of carbonyl (C=O) groups is 3. The summed E-state index contributed by atoms with van der Waals surface area (Å²) < 4.78 is 21.2. The van der Waals surface area contributed by atoms with Crippen molar-refractivity contribution >= 4 is 40.0 Å². The molecule has 0 aliphatic carbocycles. The Morgan fingerprint density at radius 2 is 2.00 bits per heavy atom. The maximum atomic E-state index is 14.0. The lowest BCUT2D eigenvalue weighted by molar-refractivity contribution is -0.120. The van der Waals surface area contributed by atoms with Crippen LogP contribution in [0.15, 0.2) is 73.2 Å². The highest BCUT2D eigenvalue weighted by Gasteiger charge is 2.31. The number of rotatable bonds is 8. The maximum Gasteiger partial charge on any atom is 0.291 e. The van der Waals surface area contributed by atoms with E-state index < -0.39 is 11.9 Å². The van der Waals surface area contributed by atoms with Crippen LogP contribution < -0.4 is 20.3 Å². The molecule has 0 unspecified atom stereocenters. The molecule has 0 spiro atoms. The van der Waals surface area contributed by atoms with Gasteiger partial charge in [0, 0.05) is 30.1 Å². The van der Waals surface area contributed by atoms with E-state index in [1.54, 1.807) is 49.6 Å². The van der Waals surface area contributed by atoms with Gasteiger partial charge in [0.25, 0.3) is 11.8 Å². The van der Waals surface area contributed by atoms with E-state index in [0.29, 0.717) is 29.1 Å². The summed E-state index contributed by atoms with van der Waals surface area (Å²) in [5.74, 6) is -1.26. The molecule has 0 saturated heterocycles. The van der Waals surface area contributed by atoms with Crippen LogP contribution in [0.4, 0.5) is 15.8 Å². The fourth-order valence-electron chi connectivity index (χ4n) is 4.80. The monoisotopic (exact) mass is 582 g/mol. The lowest BCUT2D eigenvalue weighted by Crippen LogP contribution is -2.49. The van der Waals surface area contributed by atoms with Gasteiger partial charge < -0.3 is 20.3 Å². The molecule has 2 aromatic heterocycles. The van der Waals surface area contributed by atoms with E-state index in [1.165, 1.54) is 22.0 Å². The Labute approximate surface area is 244 Å². The number of anilines is 2. The van der Waals surface area contributed by atoms with Gasteiger partial charge in [0.05, 0.1) is 23.9 Å². The number of aromatic amines is 1. The van der Waals surface area contributed by atoms with Gasteiger partial charge in [-0.3, -0.25) is 19.5 Å². The number of ether oxygens (including phenoxy) is 1. The molecule has 1 aliphatic rings. The molecule has 3 aromatic carbocycles. The van der Waals surface area contributed by atoms with E-state index in [0.717, 1.165) is 16.5 Å². The molecule has 5 aromatic rings. The molecule has 3 heterocycles. The third-order valence-electron chi connectivity index (χ3n) is 7.12. The van der Waals surface area contributed by atoms with Crippen molar-refractivity contribution in [2.45, 2.75) is 25.4 Å². The van der Waals surface area contributed by atoms with Crippen molar-refractivity contribution < 1.29 is 23.5 Å². The van der Waals surface area contributed by atoms with E-state index in [9.17, 15) is 18.8 Å². The van der Waals surface area contributed by atoms with Gasteiger partial charge in [0.2, 0.25) is 11.7 Å². The minimum absolute atomic E-state index is 0.0966. The minimum Gasteiger partial charge on any atom is -0.489 e. The number of likely N-dealkylation sites (N-methyl/N-ethyl adjacent to an activating group) is 1. The number of fused-ring (bicyclic) bond motifs is 2. The van der Waals surface area contributed by atoms with Gasteiger partial charge in [-0.25, -0.2) is 14.1 Å². The zero-order chi connectivity index (χ0) is 29.9. The number of hydrogen-bond acceptors (Lipinski definition) is 7. The van der Waals surface area contributed by atoms with Crippen LogP contribution in [0.5, 0.6) is 5.75 Å². The van der Waals surface area contributed by atoms with Gasteiger partial charge in [0.15, 0.2) is 0 Å². The summed E-state index contributed by atoms with van der Waals surface area (Å²) in [5, 5.41) is 17.4. The van der Waals surface area contributed by atoms with Crippen molar-refractivity contribution in [1.29, 1.82) is 0 Å². The number of H-pyrrole nitrogens is 1.